The summed E-state index contributed by atoms with van der Waals surface area (Å²) in [5.41, 5.74) is 1.08. The van der Waals surface area contributed by atoms with Crippen LogP contribution in [-0.2, 0) is 13.7 Å². The Morgan fingerprint density at radius 2 is 2.17 bits per heavy atom. The molecule has 1 aliphatic heterocycles. The number of likely N-dealkylation sites (tertiary alicyclic amines) is 1. The summed E-state index contributed by atoms with van der Waals surface area (Å²) in [4.78, 5) is 2.52. The maximum Gasteiger partial charge on any atom is 0.199 e. The zero-order chi connectivity index (χ0) is 16.4. The number of hydrogen-bond acceptors (Lipinski definition) is 3. The maximum atomic E-state index is 5.62. The number of piperidine rings is 1. The van der Waals surface area contributed by atoms with Gasteiger partial charge in [0.1, 0.15) is 0 Å². The number of halogens is 1. The summed E-state index contributed by atoms with van der Waals surface area (Å²) in [6.07, 6.45) is 5.09. The third kappa shape index (κ3) is 3.59. The summed E-state index contributed by atoms with van der Waals surface area (Å²) >= 11 is 9.14. The molecule has 0 N–H and O–H groups in total. The van der Waals surface area contributed by atoms with Gasteiger partial charge in [-0.1, -0.05) is 41.4 Å². The SMILES string of the molecule is CC[C@@H]1CCCCN1Cn1nc(-c2cccc(Br)c2)n(C)c1=S. The van der Waals surface area contributed by atoms with E-state index in [-0.39, 0.29) is 0 Å². The van der Waals surface area contributed by atoms with Crippen LogP contribution < -0.4 is 0 Å². The lowest BCUT2D eigenvalue weighted by Gasteiger charge is -2.34. The van der Waals surface area contributed by atoms with Gasteiger partial charge in [-0.3, -0.25) is 4.90 Å². The van der Waals surface area contributed by atoms with Gasteiger partial charge in [0.15, 0.2) is 10.6 Å². The van der Waals surface area contributed by atoms with Crippen LogP contribution in [0, 0.1) is 4.77 Å². The average molecular weight is 395 g/mol. The fraction of sp³-hybridized carbons (Fsp3) is 0.529. The Labute approximate surface area is 151 Å². The molecule has 1 saturated heterocycles. The second kappa shape index (κ2) is 7.28. The third-order valence-electron chi connectivity index (χ3n) is 4.66. The van der Waals surface area contributed by atoms with Crippen LogP contribution in [0.1, 0.15) is 32.6 Å². The highest BCUT2D eigenvalue weighted by atomic mass is 79.9. The molecule has 1 atom stereocenters. The summed E-state index contributed by atoms with van der Waals surface area (Å²) in [6, 6.07) is 8.86. The minimum absolute atomic E-state index is 0.655. The molecule has 23 heavy (non-hydrogen) atoms. The van der Waals surface area contributed by atoms with Crippen molar-refractivity contribution in [3.05, 3.63) is 33.5 Å². The largest absolute Gasteiger partial charge is 0.303 e. The van der Waals surface area contributed by atoms with Crippen LogP contribution >= 0.6 is 28.1 Å². The molecule has 0 saturated carbocycles. The van der Waals surface area contributed by atoms with Crippen molar-refractivity contribution in [2.75, 3.05) is 6.54 Å². The lowest BCUT2D eigenvalue weighted by atomic mass is 10.0. The molecule has 124 valence electrons. The lowest BCUT2D eigenvalue weighted by molar-refractivity contribution is 0.100. The predicted octanol–water partition coefficient (Wildman–Crippen LogP) is 4.60. The topological polar surface area (TPSA) is 26.0 Å². The van der Waals surface area contributed by atoms with E-state index in [1.165, 1.54) is 25.7 Å². The average Bonchev–Trinajstić information content (AvgIpc) is 2.84. The van der Waals surface area contributed by atoms with Gasteiger partial charge in [-0.25, -0.2) is 4.68 Å². The first-order chi connectivity index (χ1) is 11.1. The molecular weight excluding hydrogens is 372 g/mol. The van der Waals surface area contributed by atoms with Crippen molar-refractivity contribution in [1.82, 2.24) is 19.2 Å². The number of aromatic nitrogens is 3. The fourth-order valence-electron chi connectivity index (χ4n) is 3.34. The maximum absolute atomic E-state index is 5.62. The number of nitrogens with zero attached hydrogens (tertiary/aromatic N) is 4. The van der Waals surface area contributed by atoms with Crippen molar-refractivity contribution in [3.8, 4) is 11.4 Å². The van der Waals surface area contributed by atoms with Gasteiger partial charge in [0, 0.05) is 29.7 Å². The van der Waals surface area contributed by atoms with E-state index in [1.54, 1.807) is 0 Å². The van der Waals surface area contributed by atoms with Gasteiger partial charge in [-0.2, -0.15) is 5.10 Å². The van der Waals surface area contributed by atoms with Gasteiger partial charge in [0.05, 0.1) is 6.67 Å². The highest BCUT2D eigenvalue weighted by Crippen LogP contribution is 2.23. The molecule has 4 nitrogen and oxygen atoms in total. The second-order valence-corrected chi connectivity index (χ2v) is 7.47. The highest BCUT2D eigenvalue weighted by molar-refractivity contribution is 9.10. The zero-order valence-corrected chi connectivity index (χ0v) is 16.1. The highest BCUT2D eigenvalue weighted by Gasteiger charge is 2.22. The lowest BCUT2D eigenvalue weighted by Crippen LogP contribution is -2.40. The normalized spacial score (nSPS) is 19.2. The molecule has 0 bridgehead atoms. The van der Waals surface area contributed by atoms with Gasteiger partial charge < -0.3 is 4.57 Å². The Bertz CT molecular complexity index is 736. The van der Waals surface area contributed by atoms with Crippen LogP contribution in [0.15, 0.2) is 28.7 Å². The van der Waals surface area contributed by atoms with Gasteiger partial charge >= 0.3 is 0 Å². The molecule has 0 radical (unpaired) electrons. The van der Waals surface area contributed by atoms with Crippen LogP contribution in [0.5, 0.6) is 0 Å². The molecule has 1 aromatic carbocycles. The van der Waals surface area contributed by atoms with Crippen molar-refractivity contribution in [3.63, 3.8) is 0 Å². The summed E-state index contributed by atoms with van der Waals surface area (Å²) in [6.45, 7) is 4.20. The molecule has 1 aromatic heterocycles. The van der Waals surface area contributed by atoms with Crippen molar-refractivity contribution in [1.29, 1.82) is 0 Å². The van der Waals surface area contributed by atoms with Crippen molar-refractivity contribution >= 4 is 28.1 Å². The monoisotopic (exact) mass is 394 g/mol. The fourth-order valence-corrected chi connectivity index (χ4v) is 3.92. The number of benzene rings is 1. The third-order valence-corrected chi connectivity index (χ3v) is 5.64. The van der Waals surface area contributed by atoms with E-state index in [0.717, 1.165) is 33.8 Å². The molecule has 3 rings (SSSR count). The quantitative estimate of drug-likeness (QED) is 0.708. The van der Waals surface area contributed by atoms with Crippen LogP contribution in [0.4, 0.5) is 0 Å². The first kappa shape index (κ1) is 16.9. The molecule has 0 aliphatic carbocycles. The molecule has 0 unspecified atom stereocenters. The number of rotatable bonds is 4. The van der Waals surface area contributed by atoms with Crippen LogP contribution in [-0.4, -0.2) is 31.8 Å². The first-order valence-corrected chi connectivity index (χ1v) is 9.44. The minimum atomic E-state index is 0.655. The van der Waals surface area contributed by atoms with Gasteiger partial charge in [0.25, 0.3) is 0 Å². The van der Waals surface area contributed by atoms with Crippen molar-refractivity contribution in [2.24, 2.45) is 7.05 Å². The van der Waals surface area contributed by atoms with E-state index >= 15 is 0 Å². The minimum Gasteiger partial charge on any atom is -0.303 e. The summed E-state index contributed by atoms with van der Waals surface area (Å²) in [5.74, 6) is 0.918. The van der Waals surface area contributed by atoms with E-state index in [1.807, 2.05) is 28.4 Å². The molecule has 6 heteroatoms. The molecule has 0 amide bonds. The van der Waals surface area contributed by atoms with Crippen LogP contribution in [0.25, 0.3) is 11.4 Å². The molecule has 1 aliphatic rings. The van der Waals surface area contributed by atoms with Crippen molar-refractivity contribution in [2.45, 2.75) is 45.3 Å². The molecular formula is C17H23BrN4S. The summed E-state index contributed by atoms with van der Waals surface area (Å²) in [5, 5.41) is 4.80. The Balaban J connectivity index is 1.89. The summed E-state index contributed by atoms with van der Waals surface area (Å²) in [7, 11) is 2.00. The molecule has 1 fully saturated rings. The second-order valence-electron chi connectivity index (χ2n) is 6.19. The van der Waals surface area contributed by atoms with E-state index in [2.05, 4.69) is 39.9 Å². The first-order valence-electron chi connectivity index (χ1n) is 8.24. The van der Waals surface area contributed by atoms with Crippen molar-refractivity contribution < 1.29 is 0 Å². The van der Waals surface area contributed by atoms with E-state index < -0.39 is 0 Å². The predicted molar refractivity (Wildman–Crippen MR) is 99.8 cm³/mol. The standard InChI is InChI=1S/C17H23BrN4S/c1-3-15-9-4-5-10-21(15)12-22-17(23)20(2)16(19-22)13-7-6-8-14(18)11-13/h6-8,11,15H,3-5,9-10,12H2,1-2H3/t15-/m1/s1. The Hall–Kier alpha value is -0.980. The van der Waals surface area contributed by atoms with Gasteiger partial charge in [0.2, 0.25) is 0 Å². The summed E-state index contributed by atoms with van der Waals surface area (Å²) < 4.78 is 5.81. The van der Waals surface area contributed by atoms with E-state index in [0.29, 0.717) is 6.04 Å². The smallest absolute Gasteiger partial charge is 0.199 e. The Kier molecular flexibility index (Phi) is 5.34. The molecule has 2 aromatic rings. The van der Waals surface area contributed by atoms with Gasteiger partial charge in [-0.05, 0) is 43.6 Å². The van der Waals surface area contributed by atoms with Gasteiger partial charge in [-0.15, -0.1) is 0 Å². The molecule has 0 spiro atoms. The molecule has 2 heterocycles. The van der Waals surface area contributed by atoms with Crippen LogP contribution in [0.2, 0.25) is 0 Å². The van der Waals surface area contributed by atoms with Crippen LogP contribution in [0.3, 0.4) is 0 Å². The number of hydrogen-bond donors (Lipinski definition) is 0. The zero-order valence-electron chi connectivity index (χ0n) is 13.7. The van der Waals surface area contributed by atoms with E-state index in [4.69, 9.17) is 17.3 Å². The Morgan fingerprint density at radius 1 is 1.35 bits per heavy atom. The van der Waals surface area contributed by atoms with E-state index in [9.17, 15) is 0 Å². The Morgan fingerprint density at radius 3 is 2.91 bits per heavy atom.